The minimum absolute atomic E-state index is 0.166. The molecule has 0 radical (unpaired) electrons. The fraction of sp³-hybridized carbons (Fsp3) is 0.462. The number of amides is 1. The second-order valence-electron chi connectivity index (χ2n) is 4.56. The van der Waals surface area contributed by atoms with Crippen molar-refractivity contribution in [2.75, 3.05) is 0 Å². The van der Waals surface area contributed by atoms with Crippen LogP contribution in [0.3, 0.4) is 0 Å². The lowest BCUT2D eigenvalue weighted by Crippen LogP contribution is -2.45. The molecule has 98 valence electrons. The molecule has 5 heteroatoms. The smallest absolute Gasteiger partial charge is 0.251 e. The number of carbonyl (C=O) groups is 1. The predicted molar refractivity (Wildman–Crippen MR) is 72.2 cm³/mol. The Hall–Kier alpha value is -0.770. The molecule has 2 rings (SSSR count). The van der Waals surface area contributed by atoms with E-state index < -0.39 is 6.10 Å². The van der Waals surface area contributed by atoms with Crippen LogP contribution >= 0.6 is 23.2 Å². The van der Waals surface area contributed by atoms with Crippen LogP contribution in [0.1, 0.15) is 36.0 Å². The summed E-state index contributed by atoms with van der Waals surface area (Å²) in [5.74, 6) is -0.223. The van der Waals surface area contributed by atoms with Gasteiger partial charge in [0.15, 0.2) is 0 Å². The van der Waals surface area contributed by atoms with Crippen molar-refractivity contribution in [1.29, 1.82) is 0 Å². The molecule has 1 amide bonds. The van der Waals surface area contributed by atoms with Crippen molar-refractivity contribution in [1.82, 2.24) is 5.32 Å². The SMILES string of the molecule is O=C(N[C@H]1CCCC[C@@H]1O)c1ccc(Cl)c(Cl)c1. The number of aliphatic hydroxyl groups is 1. The van der Waals surface area contributed by atoms with Crippen LogP contribution in [-0.4, -0.2) is 23.2 Å². The van der Waals surface area contributed by atoms with Gasteiger partial charge in [-0.25, -0.2) is 0 Å². The van der Waals surface area contributed by atoms with Crippen molar-refractivity contribution in [2.24, 2.45) is 0 Å². The van der Waals surface area contributed by atoms with Crippen LogP contribution in [0.25, 0.3) is 0 Å². The Labute approximate surface area is 116 Å². The van der Waals surface area contributed by atoms with Gasteiger partial charge in [-0.1, -0.05) is 36.0 Å². The van der Waals surface area contributed by atoms with E-state index in [1.165, 1.54) is 6.07 Å². The summed E-state index contributed by atoms with van der Waals surface area (Å²) in [5.41, 5.74) is 0.460. The van der Waals surface area contributed by atoms with Gasteiger partial charge in [0.05, 0.1) is 22.2 Å². The highest BCUT2D eigenvalue weighted by molar-refractivity contribution is 6.42. The topological polar surface area (TPSA) is 49.3 Å². The first-order chi connectivity index (χ1) is 8.58. The molecule has 3 nitrogen and oxygen atoms in total. The maximum absolute atomic E-state index is 12.0. The molecule has 1 aromatic rings. The Balaban J connectivity index is 2.04. The molecule has 2 N–H and O–H groups in total. The molecule has 1 aliphatic carbocycles. The lowest BCUT2D eigenvalue weighted by Gasteiger charge is -2.28. The van der Waals surface area contributed by atoms with Crippen LogP contribution in [0.2, 0.25) is 10.0 Å². The first-order valence-electron chi connectivity index (χ1n) is 6.02. The summed E-state index contributed by atoms with van der Waals surface area (Å²) in [7, 11) is 0. The van der Waals surface area contributed by atoms with E-state index >= 15 is 0 Å². The molecule has 1 saturated carbocycles. The van der Waals surface area contributed by atoms with Gasteiger partial charge < -0.3 is 10.4 Å². The zero-order valence-electron chi connectivity index (χ0n) is 9.83. The standard InChI is InChI=1S/C13H15Cl2NO2/c14-9-6-5-8(7-10(9)15)13(18)16-11-3-1-2-4-12(11)17/h5-7,11-12,17H,1-4H2,(H,16,18)/t11-,12-/m0/s1. The van der Waals surface area contributed by atoms with Crippen molar-refractivity contribution in [3.05, 3.63) is 33.8 Å². The monoisotopic (exact) mass is 287 g/mol. The molecular formula is C13H15Cl2NO2. The zero-order valence-corrected chi connectivity index (χ0v) is 11.3. The average Bonchev–Trinajstić information content (AvgIpc) is 2.35. The van der Waals surface area contributed by atoms with Crippen LogP contribution < -0.4 is 5.32 Å². The van der Waals surface area contributed by atoms with Crippen molar-refractivity contribution in [3.63, 3.8) is 0 Å². The van der Waals surface area contributed by atoms with Crippen LogP contribution in [0, 0.1) is 0 Å². The van der Waals surface area contributed by atoms with Gasteiger partial charge in [-0.2, -0.15) is 0 Å². The zero-order chi connectivity index (χ0) is 13.1. The maximum atomic E-state index is 12.0. The highest BCUT2D eigenvalue weighted by atomic mass is 35.5. The number of carbonyl (C=O) groups excluding carboxylic acids is 1. The molecule has 18 heavy (non-hydrogen) atoms. The predicted octanol–water partition coefficient (Wildman–Crippen LogP) is 3.03. The quantitative estimate of drug-likeness (QED) is 0.878. The summed E-state index contributed by atoms with van der Waals surface area (Å²) in [6.07, 6.45) is 3.15. The number of halogens is 2. The van der Waals surface area contributed by atoms with Crippen LogP contribution in [0.4, 0.5) is 0 Å². The molecule has 1 aromatic carbocycles. The maximum Gasteiger partial charge on any atom is 0.251 e. The molecule has 0 aliphatic heterocycles. The molecule has 0 saturated heterocycles. The molecule has 0 bridgehead atoms. The molecule has 0 aromatic heterocycles. The summed E-state index contributed by atoms with van der Waals surface area (Å²) < 4.78 is 0. The third-order valence-corrected chi connectivity index (χ3v) is 3.97. The molecule has 0 unspecified atom stereocenters. The first kappa shape index (κ1) is 13.7. The number of benzene rings is 1. The largest absolute Gasteiger partial charge is 0.391 e. The van der Waals surface area contributed by atoms with Crippen molar-refractivity contribution < 1.29 is 9.90 Å². The Morgan fingerprint density at radius 1 is 1.22 bits per heavy atom. The lowest BCUT2D eigenvalue weighted by atomic mass is 9.92. The summed E-state index contributed by atoms with van der Waals surface area (Å²) in [4.78, 5) is 12.0. The number of nitrogens with one attached hydrogen (secondary N) is 1. The Morgan fingerprint density at radius 2 is 1.94 bits per heavy atom. The van der Waals surface area contributed by atoms with Gasteiger partial charge in [-0.05, 0) is 31.0 Å². The van der Waals surface area contributed by atoms with E-state index in [-0.39, 0.29) is 11.9 Å². The van der Waals surface area contributed by atoms with E-state index in [1.54, 1.807) is 12.1 Å². The summed E-state index contributed by atoms with van der Waals surface area (Å²) in [5, 5.41) is 13.4. The minimum atomic E-state index is -0.453. The van der Waals surface area contributed by atoms with Gasteiger partial charge in [0, 0.05) is 5.56 Å². The van der Waals surface area contributed by atoms with Crippen molar-refractivity contribution in [2.45, 2.75) is 37.8 Å². The summed E-state index contributed by atoms with van der Waals surface area (Å²) >= 11 is 11.7. The van der Waals surface area contributed by atoms with Crippen LogP contribution in [-0.2, 0) is 0 Å². The van der Waals surface area contributed by atoms with Gasteiger partial charge in [-0.15, -0.1) is 0 Å². The molecule has 0 heterocycles. The molecular weight excluding hydrogens is 273 g/mol. The summed E-state index contributed by atoms with van der Waals surface area (Å²) in [6.45, 7) is 0. The molecule has 0 spiro atoms. The Morgan fingerprint density at radius 3 is 2.61 bits per heavy atom. The van der Waals surface area contributed by atoms with Crippen molar-refractivity contribution >= 4 is 29.1 Å². The normalized spacial score (nSPS) is 23.7. The number of hydrogen-bond donors (Lipinski definition) is 2. The highest BCUT2D eigenvalue weighted by Gasteiger charge is 2.24. The number of rotatable bonds is 2. The van der Waals surface area contributed by atoms with Gasteiger partial charge >= 0.3 is 0 Å². The second-order valence-corrected chi connectivity index (χ2v) is 5.38. The number of aliphatic hydroxyl groups excluding tert-OH is 1. The fourth-order valence-corrected chi connectivity index (χ4v) is 2.47. The van der Waals surface area contributed by atoms with Gasteiger partial charge in [0.25, 0.3) is 5.91 Å². The Kier molecular flexibility index (Phi) is 4.49. The minimum Gasteiger partial charge on any atom is -0.391 e. The second kappa shape index (κ2) is 5.91. The van der Waals surface area contributed by atoms with Crippen LogP contribution in [0.15, 0.2) is 18.2 Å². The van der Waals surface area contributed by atoms with E-state index in [1.807, 2.05) is 0 Å². The molecule has 1 aliphatic rings. The van der Waals surface area contributed by atoms with E-state index in [4.69, 9.17) is 23.2 Å². The first-order valence-corrected chi connectivity index (χ1v) is 6.77. The van der Waals surface area contributed by atoms with Crippen LogP contribution in [0.5, 0.6) is 0 Å². The van der Waals surface area contributed by atoms with Gasteiger partial charge in [0.2, 0.25) is 0 Å². The Bertz CT molecular complexity index is 451. The van der Waals surface area contributed by atoms with E-state index in [0.717, 1.165) is 25.7 Å². The fourth-order valence-electron chi connectivity index (χ4n) is 2.17. The van der Waals surface area contributed by atoms with Gasteiger partial charge in [-0.3, -0.25) is 4.79 Å². The van der Waals surface area contributed by atoms with E-state index in [9.17, 15) is 9.90 Å². The molecule has 2 atom stereocenters. The third kappa shape index (κ3) is 3.16. The molecule has 1 fully saturated rings. The number of hydrogen-bond acceptors (Lipinski definition) is 2. The van der Waals surface area contributed by atoms with E-state index in [0.29, 0.717) is 15.6 Å². The average molecular weight is 288 g/mol. The summed E-state index contributed by atoms with van der Waals surface area (Å²) in [6, 6.07) is 4.59. The third-order valence-electron chi connectivity index (χ3n) is 3.23. The highest BCUT2D eigenvalue weighted by Crippen LogP contribution is 2.23. The lowest BCUT2D eigenvalue weighted by molar-refractivity contribution is 0.0717. The van der Waals surface area contributed by atoms with E-state index in [2.05, 4.69) is 5.32 Å². The van der Waals surface area contributed by atoms with Gasteiger partial charge in [0.1, 0.15) is 0 Å². The van der Waals surface area contributed by atoms with Crippen molar-refractivity contribution in [3.8, 4) is 0 Å².